The Morgan fingerprint density at radius 1 is 1.60 bits per heavy atom. The average molecular weight is 246 g/mol. The Morgan fingerprint density at radius 3 is 2.93 bits per heavy atom. The van der Waals surface area contributed by atoms with Gasteiger partial charge < -0.3 is 5.32 Å². The molecule has 2 nitrogen and oxygen atoms in total. The van der Waals surface area contributed by atoms with Gasteiger partial charge in [-0.05, 0) is 31.3 Å². The molecule has 0 aromatic carbocycles. The standard InChI is InChI=1S/C11H22N2S2/c1-8(7-14-4)6-12-11-13-9(2)5-10(3)15-11/h8-10H,5-7H2,1-4H3,(H,12,13). The highest BCUT2D eigenvalue weighted by Gasteiger charge is 2.19. The number of hydrogen-bond acceptors (Lipinski definition) is 3. The van der Waals surface area contributed by atoms with Gasteiger partial charge in [-0.25, -0.2) is 0 Å². The SMILES string of the molecule is CSCC(C)CN=C1NC(C)CC(C)S1. The van der Waals surface area contributed by atoms with Crippen LogP contribution >= 0.6 is 23.5 Å². The fourth-order valence-corrected chi connectivity index (χ4v) is 3.56. The highest BCUT2D eigenvalue weighted by Crippen LogP contribution is 2.22. The highest BCUT2D eigenvalue weighted by molar-refractivity contribution is 8.14. The number of thioether (sulfide) groups is 2. The molecule has 0 saturated carbocycles. The molecule has 3 unspecified atom stereocenters. The van der Waals surface area contributed by atoms with Gasteiger partial charge in [-0.3, -0.25) is 4.99 Å². The summed E-state index contributed by atoms with van der Waals surface area (Å²) >= 11 is 3.78. The third-order valence-corrected chi connectivity index (χ3v) is 4.33. The van der Waals surface area contributed by atoms with Crippen molar-refractivity contribution in [2.75, 3.05) is 18.6 Å². The lowest BCUT2D eigenvalue weighted by Crippen LogP contribution is -2.38. The molecule has 1 saturated heterocycles. The second kappa shape index (κ2) is 6.69. The van der Waals surface area contributed by atoms with E-state index in [2.05, 4.69) is 37.3 Å². The van der Waals surface area contributed by atoms with E-state index in [1.54, 1.807) is 0 Å². The summed E-state index contributed by atoms with van der Waals surface area (Å²) in [6.07, 6.45) is 3.39. The van der Waals surface area contributed by atoms with Crippen LogP contribution in [-0.2, 0) is 0 Å². The first-order valence-electron chi connectivity index (χ1n) is 5.58. The molecule has 88 valence electrons. The van der Waals surface area contributed by atoms with E-state index in [0.717, 1.165) is 11.7 Å². The van der Waals surface area contributed by atoms with Crippen molar-refractivity contribution in [2.24, 2.45) is 10.9 Å². The van der Waals surface area contributed by atoms with Crippen LogP contribution in [0.4, 0.5) is 0 Å². The van der Waals surface area contributed by atoms with Gasteiger partial charge in [-0.1, -0.05) is 25.6 Å². The van der Waals surface area contributed by atoms with Crippen LogP contribution in [-0.4, -0.2) is 35.0 Å². The summed E-state index contributed by atoms with van der Waals surface area (Å²) < 4.78 is 0. The van der Waals surface area contributed by atoms with Crippen LogP contribution in [0.3, 0.4) is 0 Å². The zero-order valence-electron chi connectivity index (χ0n) is 10.1. The van der Waals surface area contributed by atoms with Gasteiger partial charge in [0.1, 0.15) is 0 Å². The first kappa shape index (κ1) is 13.2. The Kier molecular flexibility index (Phi) is 5.90. The van der Waals surface area contributed by atoms with Crippen molar-refractivity contribution in [3.8, 4) is 0 Å². The lowest BCUT2D eigenvalue weighted by molar-refractivity contribution is 0.594. The number of aliphatic imine (C=N–C) groups is 1. The summed E-state index contributed by atoms with van der Waals surface area (Å²) in [6, 6.07) is 0.579. The summed E-state index contributed by atoms with van der Waals surface area (Å²) in [6.45, 7) is 7.73. The summed E-state index contributed by atoms with van der Waals surface area (Å²) in [5, 5.41) is 5.30. The largest absolute Gasteiger partial charge is 0.362 e. The van der Waals surface area contributed by atoms with Gasteiger partial charge in [0.25, 0.3) is 0 Å². The third kappa shape index (κ3) is 5.16. The molecule has 0 amide bonds. The molecule has 0 aliphatic carbocycles. The highest BCUT2D eigenvalue weighted by atomic mass is 32.2. The molecule has 3 atom stereocenters. The van der Waals surface area contributed by atoms with Crippen molar-refractivity contribution >= 4 is 28.7 Å². The predicted molar refractivity (Wildman–Crippen MR) is 74.1 cm³/mol. The Labute approximate surface area is 102 Å². The van der Waals surface area contributed by atoms with Crippen molar-refractivity contribution in [3.63, 3.8) is 0 Å². The first-order chi connectivity index (χ1) is 7.11. The van der Waals surface area contributed by atoms with Crippen molar-refractivity contribution in [3.05, 3.63) is 0 Å². The molecule has 1 aliphatic rings. The Hall–Kier alpha value is 0.170. The molecule has 1 aliphatic heterocycles. The van der Waals surface area contributed by atoms with E-state index in [4.69, 9.17) is 0 Å². The van der Waals surface area contributed by atoms with Crippen LogP contribution in [0.1, 0.15) is 27.2 Å². The van der Waals surface area contributed by atoms with Crippen LogP contribution in [0.2, 0.25) is 0 Å². The Balaban J connectivity index is 2.37. The monoisotopic (exact) mass is 246 g/mol. The van der Waals surface area contributed by atoms with Crippen molar-refractivity contribution in [2.45, 2.75) is 38.5 Å². The summed E-state index contributed by atoms with van der Waals surface area (Å²) in [4.78, 5) is 4.66. The fourth-order valence-electron chi connectivity index (χ4n) is 1.70. The fraction of sp³-hybridized carbons (Fsp3) is 0.909. The predicted octanol–water partition coefficient (Wildman–Crippen LogP) is 2.85. The molecule has 0 aromatic heterocycles. The molecular formula is C11H22N2S2. The van der Waals surface area contributed by atoms with E-state index in [-0.39, 0.29) is 0 Å². The number of rotatable bonds is 4. The van der Waals surface area contributed by atoms with Crippen LogP contribution in [0.15, 0.2) is 4.99 Å². The summed E-state index contributed by atoms with van der Waals surface area (Å²) in [5.74, 6) is 1.88. The zero-order chi connectivity index (χ0) is 11.3. The lowest BCUT2D eigenvalue weighted by atomic mass is 10.2. The number of nitrogens with zero attached hydrogens (tertiary/aromatic N) is 1. The molecule has 1 fully saturated rings. The number of nitrogens with one attached hydrogen (secondary N) is 1. The molecule has 0 aromatic rings. The molecule has 0 bridgehead atoms. The van der Waals surface area contributed by atoms with Gasteiger partial charge in [0.05, 0.1) is 0 Å². The minimum atomic E-state index is 0.579. The second-order valence-electron chi connectivity index (χ2n) is 4.42. The van der Waals surface area contributed by atoms with Gasteiger partial charge >= 0.3 is 0 Å². The van der Waals surface area contributed by atoms with Gasteiger partial charge in [0, 0.05) is 17.8 Å². The molecule has 0 spiro atoms. The minimum absolute atomic E-state index is 0.579. The minimum Gasteiger partial charge on any atom is -0.362 e. The van der Waals surface area contributed by atoms with Gasteiger partial charge in [-0.2, -0.15) is 11.8 Å². The Bertz CT molecular complexity index is 207. The number of hydrogen-bond donors (Lipinski definition) is 1. The molecule has 4 heteroatoms. The first-order valence-corrected chi connectivity index (χ1v) is 7.85. The summed E-state index contributed by atoms with van der Waals surface area (Å²) in [7, 11) is 0. The number of amidine groups is 1. The molecular weight excluding hydrogens is 224 g/mol. The maximum Gasteiger partial charge on any atom is 0.157 e. The van der Waals surface area contributed by atoms with Crippen LogP contribution in [0.25, 0.3) is 0 Å². The van der Waals surface area contributed by atoms with Crippen molar-refractivity contribution in [1.82, 2.24) is 5.32 Å². The van der Waals surface area contributed by atoms with Gasteiger partial charge in [0.2, 0.25) is 0 Å². The molecule has 1 rings (SSSR count). The van der Waals surface area contributed by atoms with Gasteiger partial charge in [-0.15, -0.1) is 0 Å². The van der Waals surface area contributed by atoms with E-state index in [9.17, 15) is 0 Å². The quantitative estimate of drug-likeness (QED) is 0.825. The van der Waals surface area contributed by atoms with Crippen molar-refractivity contribution < 1.29 is 0 Å². The van der Waals surface area contributed by atoms with Crippen LogP contribution in [0.5, 0.6) is 0 Å². The molecule has 15 heavy (non-hydrogen) atoms. The van der Waals surface area contributed by atoms with Gasteiger partial charge in [0.15, 0.2) is 5.17 Å². The van der Waals surface area contributed by atoms with E-state index < -0.39 is 0 Å². The van der Waals surface area contributed by atoms with E-state index in [1.807, 2.05) is 23.5 Å². The topological polar surface area (TPSA) is 24.4 Å². The average Bonchev–Trinajstić information content (AvgIpc) is 2.14. The summed E-state index contributed by atoms with van der Waals surface area (Å²) in [5.41, 5.74) is 0. The molecule has 1 heterocycles. The third-order valence-electron chi connectivity index (χ3n) is 2.37. The van der Waals surface area contributed by atoms with Crippen LogP contribution < -0.4 is 5.32 Å². The van der Waals surface area contributed by atoms with Crippen LogP contribution in [0, 0.1) is 5.92 Å². The normalized spacial score (nSPS) is 31.3. The van der Waals surface area contributed by atoms with E-state index in [0.29, 0.717) is 17.2 Å². The van der Waals surface area contributed by atoms with Crippen molar-refractivity contribution in [1.29, 1.82) is 0 Å². The Morgan fingerprint density at radius 2 is 2.33 bits per heavy atom. The smallest absolute Gasteiger partial charge is 0.157 e. The molecule has 0 radical (unpaired) electrons. The zero-order valence-corrected chi connectivity index (χ0v) is 11.8. The van der Waals surface area contributed by atoms with E-state index >= 15 is 0 Å². The lowest BCUT2D eigenvalue weighted by Gasteiger charge is -2.27. The maximum absolute atomic E-state index is 4.66. The second-order valence-corrected chi connectivity index (χ2v) is 6.75. The maximum atomic E-state index is 4.66. The van der Waals surface area contributed by atoms with E-state index in [1.165, 1.54) is 12.2 Å². The molecule has 1 N–H and O–H groups in total.